The molecule has 1 fully saturated rings. The lowest BCUT2D eigenvalue weighted by molar-refractivity contribution is 0.0131. The highest BCUT2D eigenvalue weighted by Crippen LogP contribution is 2.47. The van der Waals surface area contributed by atoms with Gasteiger partial charge in [0.05, 0.1) is 11.0 Å². The normalized spacial score (nSPS) is 20.5. The van der Waals surface area contributed by atoms with Crippen LogP contribution in [0.5, 0.6) is 0 Å². The highest BCUT2D eigenvalue weighted by atomic mass is 35.5. The monoisotopic (exact) mass is 484 g/mol. The van der Waals surface area contributed by atoms with Crippen molar-refractivity contribution in [3.05, 3.63) is 64.2 Å². The van der Waals surface area contributed by atoms with Crippen molar-refractivity contribution in [1.82, 2.24) is 4.90 Å². The molecule has 0 aromatic heterocycles. The van der Waals surface area contributed by atoms with Crippen LogP contribution in [0.3, 0.4) is 0 Å². The Labute approximate surface area is 207 Å². The maximum atomic E-state index is 13.3. The molecule has 0 radical (unpaired) electrons. The molecule has 4 rings (SSSR count). The predicted octanol–water partition coefficient (Wildman–Crippen LogP) is 7.87. The van der Waals surface area contributed by atoms with Crippen molar-refractivity contribution in [2.45, 2.75) is 77.5 Å². The van der Waals surface area contributed by atoms with Gasteiger partial charge in [-0.15, -0.1) is 0 Å². The van der Waals surface area contributed by atoms with Gasteiger partial charge in [0.15, 0.2) is 0 Å². The molecule has 3 atom stereocenters. The molecule has 1 heterocycles. The second kappa shape index (κ2) is 9.63. The van der Waals surface area contributed by atoms with Crippen molar-refractivity contribution in [2.24, 2.45) is 5.92 Å². The summed E-state index contributed by atoms with van der Waals surface area (Å²) in [6.45, 7) is 8.20. The summed E-state index contributed by atoms with van der Waals surface area (Å²) in [5, 5.41) is 4.15. The van der Waals surface area contributed by atoms with Crippen LogP contribution in [0.25, 0.3) is 0 Å². The van der Waals surface area contributed by atoms with Crippen LogP contribution in [0.1, 0.15) is 82.0 Å². The number of amides is 1. The van der Waals surface area contributed by atoms with Gasteiger partial charge in [0.1, 0.15) is 5.60 Å². The lowest BCUT2D eigenvalue weighted by Crippen LogP contribution is -2.39. The fraction of sp³-hybridized carbons (Fsp3) is 0.481. The average Bonchev–Trinajstić information content (AvgIpc) is 3.23. The van der Waals surface area contributed by atoms with Crippen molar-refractivity contribution in [3.8, 4) is 0 Å². The Kier molecular flexibility index (Phi) is 7.01. The molecule has 176 valence electrons. The number of benzene rings is 2. The van der Waals surface area contributed by atoms with Gasteiger partial charge in [-0.05, 0) is 80.8 Å². The second-order valence-electron chi connectivity index (χ2n) is 10.1. The quantitative estimate of drug-likeness (QED) is 0.438. The molecule has 1 amide bonds. The first-order chi connectivity index (χ1) is 15.7. The zero-order valence-electron chi connectivity index (χ0n) is 19.9. The van der Waals surface area contributed by atoms with E-state index in [1.54, 1.807) is 0 Å². The Balaban J connectivity index is 1.68. The molecule has 0 bridgehead atoms. The number of carbonyl (C=O) groups is 1. The van der Waals surface area contributed by atoms with Gasteiger partial charge in [0.2, 0.25) is 0 Å². The Bertz CT molecular complexity index is 1050. The number of halogens is 1. The molecular formula is C27H33ClN2O2S. The minimum atomic E-state index is -0.580. The number of carbonyl (C=O) groups excluding carboxylic acids is 1. The number of hydrogen-bond donors (Lipinski definition) is 1. The molecule has 1 N–H and O–H groups in total. The molecule has 3 unspecified atom stereocenters. The van der Waals surface area contributed by atoms with Gasteiger partial charge in [-0.25, -0.2) is 4.79 Å². The van der Waals surface area contributed by atoms with Crippen molar-refractivity contribution in [3.63, 3.8) is 0 Å². The summed E-state index contributed by atoms with van der Waals surface area (Å²) in [4.78, 5) is 16.1. The molecule has 6 heteroatoms. The third-order valence-electron chi connectivity index (χ3n) is 6.61. The van der Waals surface area contributed by atoms with Crippen molar-refractivity contribution in [1.29, 1.82) is 0 Å². The van der Waals surface area contributed by atoms with Gasteiger partial charge in [0.25, 0.3) is 0 Å². The third kappa shape index (κ3) is 5.36. The first-order valence-electron chi connectivity index (χ1n) is 11.8. The number of anilines is 1. The second-order valence-corrected chi connectivity index (χ2v) is 11.0. The van der Waals surface area contributed by atoms with Crippen LogP contribution >= 0.6 is 23.8 Å². The van der Waals surface area contributed by atoms with Gasteiger partial charge in [-0.2, -0.15) is 0 Å². The van der Waals surface area contributed by atoms with Crippen LogP contribution in [0, 0.1) is 5.92 Å². The van der Waals surface area contributed by atoms with E-state index >= 15 is 0 Å². The van der Waals surface area contributed by atoms with Crippen LogP contribution in [0.15, 0.2) is 42.5 Å². The third-order valence-corrected chi connectivity index (χ3v) is 7.24. The first-order valence-corrected chi connectivity index (χ1v) is 12.6. The molecule has 1 aliphatic carbocycles. The summed E-state index contributed by atoms with van der Waals surface area (Å²) in [6.07, 6.45) is 4.01. The SMILES string of the molecule is CCC(c1ccc2c(c1)NC(=S)C1CCCC21)N(Cc1cccc(Cl)c1)C(=O)OC(C)(C)C. The van der Waals surface area contributed by atoms with Gasteiger partial charge in [-0.1, -0.05) is 61.4 Å². The number of nitrogens with one attached hydrogen (secondary N) is 1. The summed E-state index contributed by atoms with van der Waals surface area (Å²) in [5.74, 6) is 0.970. The molecule has 1 aliphatic heterocycles. The largest absolute Gasteiger partial charge is 0.444 e. The molecule has 33 heavy (non-hydrogen) atoms. The first kappa shape index (κ1) is 24.0. The van der Waals surface area contributed by atoms with Crippen molar-refractivity contribution in [2.75, 3.05) is 5.32 Å². The molecule has 4 nitrogen and oxygen atoms in total. The van der Waals surface area contributed by atoms with Crippen LogP contribution in [0.4, 0.5) is 10.5 Å². The van der Waals surface area contributed by atoms with E-state index in [0.717, 1.165) is 28.2 Å². The van der Waals surface area contributed by atoms with Crippen LogP contribution in [0.2, 0.25) is 5.02 Å². The van der Waals surface area contributed by atoms with E-state index in [-0.39, 0.29) is 12.1 Å². The summed E-state index contributed by atoms with van der Waals surface area (Å²) in [6, 6.07) is 14.1. The highest BCUT2D eigenvalue weighted by Gasteiger charge is 2.37. The summed E-state index contributed by atoms with van der Waals surface area (Å²) >= 11 is 11.9. The van der Waals surface area contributed by atoms with E-state index in [1.165, 1.54) is 24.8 Å². The molecular weight excluding hydrogens is 452 g/mol. The molecule has 1 saturated carbocycles. The predicted molar refractivity (Wildman–Crippen MR) is 139 cm³/mol. The van der Waals surface area contributed by atoms with E-state index < -0.39 is 5.60 Å². The number of ether oxygens (including phenoxy) is 1. The van der Waals surface area contributed by atoms with Crippen LogP contribution in [-0.2, 0) is 11.3 Å². The van der Waals surface area contributed by atoms with E-state index in [2.05, 4.69) is 30.4 Å². The number of nitrogens with zero attached hydrogens (tertiary/aromatic N) is 1. The van der Waals surface area contributed by atoms with Crippen molar-refractivity contribution >= 4 is 40.6 Å². The molecule has 2 aromatic rings. The molecule has 0 saturated heterocycles. The number of rotatable bonds is 5. The Morgan fingerprint density at radius 2 is 1.97 bits per heavy atom. The highest BCUT2D eigenvalue weighted by molar-refractivity contribution is 7.80. The molecule has 2 aliphatic rings. The smallest absolute Gasteiger partial charge is 0.411 e. The zero-order chi connectivity index (χ0) is 23.8. The lowest BCUT2D eigenvalue weighted by Gasteiger charge is -2.35. The fourth-order valence-electron chi connectivity index (χ4n) is 5.17. The Morgan fingerprint density at radius 3 is 2.67 bits per heavy atom. The summed E-state index contributed by atoms with van der Waals surface area (Å²) in [5.41, 5.74) is 3.91. The number of hydrogen-bond acceptors (Lipinski definition) is 3. The van der Waals surface area contributed by atoms with Gasteiger partial charge in [0, 0.05) is 23.2 Å². The molecule has 0 spiro atoms. The summed E-state index contributed by atoms with van der Waals surface area (Å²) in [7, 11) is 0. The van der Waals surface area contributed by atoms with Crippen molar-refractivity contribution < 1.29 is 9.53 Å². The molecule has 2 aromatic carbocycles. The van der Waals surface area contributed by atoms with Gasteiger partial charge < -0.3 is 10.1 Å². The zero-order valence-corrected chi connectivity index (χ0v) is 21.4. The van der Waals surface area contributed by atoms with Gasteiger partial charge in [-0.3, -0.25) is 4.90 Å². The maximum absolute atomic E-state index is 13.3. The van der Waals surface area contributed by atoms with E-state index in [1.807, 2.05) is 49.9 Å². The standard InChI is InChI=1S/C27H33ClN2O2S/c1-5-24(18-12-13-21-20-10-7-11-22(20)25(33)29-23(21)15-18)30(26(31)32-27(2,3)4)16-17-8-6-9-19(28)14-17/h6,8-9,12-15,20,22,24H,5,7,10-11,16H2,1-4H3,(H,29,33). The maximum Gasteiger partial charge on any atom is 0.411 e. The Hall–Kier alpha value is -2.11. The minimum Gasteiger partial charge on any atom is -0.444 e. The number of thiocarbonyl (C=S) groups is 1. The minimum absolute atomic E-state index is 0.138. The topological polar surface area (TPSA) is 41.6 Å². The van der Waals surface area contributed by atoms with E-state index in [9.17, 15) is 4.79 Å². The van der Waals surface area contributed by atoms with Crippen LogP contribution in [-0.4, -0.2) is 21.6 Å². The van der Waals surface area contributed by atoms with E-state index in [0.29, 0.717) is 23.4 Å². The van der Waals surface area contributed by atoms with Crippen LogP contribution < -0.4 is 5.32 Å². The fourth-order valence-corrected chi connectivity index (χ4v) is 5.78. The van der Waals surface area contributed by atoms with Gasteiger partial charge >= 0.3 is 6.09 Å². The lowest BCUT2D eigenvalue weighted by atomic mass is 9.83. The summed E-state index contributed by atoms with van der Waals surface area (Å²) < 4.78 is 5.81. The Morgan fingerprint density at radius 1 is 1.21 bits per heavy atom. The number of fused-ring (bicyclic) bond motifs is 3. The average molecular weight is 485 g/mol. The van der Waals surface area contributed by atoms with E-state index in [4.69, 9.17) is 28.6 Å².